The average Bonchev–Trinajstić information content (AvgIpc) is 2.18. The Balaban J connectivity index is 4.35. The number of esters is 1. The minimum Gasteiger partial charge on any atom is -0.415 e. The highest BCUT2D eigenvalue weighted by atomic mass is 16.6. The number of unbranched alkanes of at least 4 members (excludes halogenated alkanes) is 2. The molecule has 0 N–H and O–H groups in total. The summed E-state index contributed by atoms with van der Waals surface area (Å²) in [6.07, 6.45) is 4.91. The molecule has 0 heterocycles. The first kappa shape index (κ1) is 14.2. The van der Waals surface area contributed by atoms with Gasteiger partial charge < -0.3 is 4.74 Å². The lowest BCUT2D eigenvalue weighted by Crippen LogP contribution is -2.27. The Morgan fingerprint density at radius 1 is 1.31 bits per heavy atom. The van der Waals surface area contributed by atoms with Crippen molar-refractivity contribution in [2.75, 3.05) is 0 Å². The Labute approximate surface area is 93.4 Å². The lowest BCUT2D eigenvalue weighted by atomic mass is 10.2. The second-order valence-corrected chi connectivity index (χ2v) is 3.08. The van der Waals surface area contributed by atoms with Gasteiger partial charge in [-0.1, -0.05) is 19.8 Å². The molecular weight excluding hydrogens is 212 g/mol. The molecule has 1 radical (unpaired) electrons. The van der Waals surface area contributed by atoms with Crippen molar-refractivity contribution < 1.29 is 19.1 Å². The van der Waals surface area contributed by atoms with E-state index < -0.39 is 11.8 Å². The molecule has 0 atom stereocenters. The number of ether oxygens (including phenoxy) is 1. The van der Waals surface area contributed by atoms with Gasteiger partial charge in [-0.2, -0.15) is 0 Å². The molecule has 0 saturated heterocycles. The topological polar surface area (TPSA) is 85.2 Å². The fourth-order valence-corrected chi connectivity index (χ4v) is 0.966. The third kappa shape index (κ3) is 5.86. The molecule has 0 unspecified atom stereocenters. The molecule has 0 aromatic heterocycles. The lowest BCUT2D eigenvalue weighted by Gasteiger charge is -2.16. The second-order valence-electron chi connectivity index (χ2n) is 3.08. The summed E-state index contributed by atoms with van der Waals surface area (Å²) in [6.45, 7) is 5.21. The van der Waals surface area contributed by atoms with E-state index >= 15 is 0 Å². The zero-order valence-corrected chi connectivity index (χ0v) is 9.06. The monoisotopic (exact) mass is 225 g/mol. The number of hydrogen-bond donors (Lipinski definition) is 0. The highest BCUT2D eigenvalue weighted by Crippen LogP contribution is 2.14. The Kier molecular flexibility index (Phi) is 6.68. The summed E-state index contributed by atoms with van der Waals surface area (Å²) in [5, 5.41) is 0. The van der Waals surface area contributed by atoms with Gasteiger partial charge in [0.15, 0.2) is 0 Å². The van der Waals surface area contributed by atoms with Crippen molar-refractivity contribution in [2.24, 2.45) is 9.98 Å². The van der Waals surface area contributed by atoms with Gasteiger partial charge in [0.05, 0.1) is 0 Å². The van der Waals surface area contributed by atoms with E-state index in [1.54, 1.807) is 0 Å². The van der Waals surface area contributed by atoms with E-state index in [1.165, 1.54) is 0 Å². The van der Waals surface area contributed by atoms with Crippen molar-refractivity contribution >= 4 is 18.1 Å². The van der Waals surface area contributed by atoms with Gasteiger partial charge >= 0.3 is 11.8 Å². The first-order valence-electron chi connectivity index (χ1n) is 4.83. The number of nitrogens with zero attached hydrogens (tertiary/aromatic N) is 2. The smallest absolute Gasteiger partial charge is 0.322 e. The average molecular weight is 225 g/mol. The largest absolute Gasteiger partial charge is 0.415 e. The van der Waals surface area contributed by atoms with E-state index in [-0.39, 0.29) is 6.42 Å². The van der Waals surface area contributed by atoms with Crippen LogP contribution in [0.5, 0.6) is 0 Å². The zero-order valence-electron chi connectivity index (χ0n) is 9.06. The number of hydrogen-bond acceptors (Lipinski definition) is 6. The molecule has 16 heavy (non-hydrogen) atoms. The molecule has 0 bridgehead atoms. The van der Waals surface area contributed by atoms with Gasteiger partial charge in [0.25, 0.3) is 0 Å². The van der Waals surface area contributed by atoms with Gasteiger partial charge in [0.2, 0.25) is 12.2 Å². The van der Waals surface area contributed by atoms with Gasteiger partial charge in [-0.25, -0.2) is 9.59 Å². The number of isocyanates is 2. The first-order valence-corrected chi connectivity index (χ1v) is 4.83. The highest BCUT2D eigenvalue weighted by molar-refractivity contribution is 5.70. The van der Waals surface area contributed by atoms with Crippen LogP contribution in [0.2, 0.25) is 0 Å². The van der Waals surface area contributed by atoms with Crippen molar-refractivity contribution in [1.82, 2.24) is 0 Å². The summed E-state index contributed by atoms with van der Waals surface area (Å²) >= 11 is 0. The van der Waals surface area contributed by atoms with E-state index in [0.717, 1.165) is 25.0 Å². The Morgan fingerprint density at radius 3 is 2.31 bits per heavy atom. The van der Waals surface area contributed by atoms with Crippen LogP contribution in [0, 0.1) is 6.92 Å². The van der Waals surface area contributed by atoms with E-state index in [1.807, 2.05) is 6.92 Å². The zero-order chi connectivity index (χ0) is 12.4. The highest BCUT2D eigenvalue weighted by Gasteiger charge is 2.27. The molecule has 6 nitrogen and oxygen atoms in total. The molecule has 87 valence electrons. The maximum atomic E-state index is 11.2. The van der Waals surface area contributed by atoms with Gasteiger partial charge in [-0.3, -0.25) is 4.79 Å². The van der Waals surface area contributed by atoms with Crippen LogP contribution in [0.3, 0.4) is 0 Å². The minimum atomic E-state index is -2.08. The second kappa shape index (κ2) is 7.51. The van der Waals surface area contributed by atoms with Gasteiger partial charge in [0.1, 0.15) is 0 Å². The summed E-state index contributed by atoms with van der Waals surface area (Å²) in [4.78, 5) is 37.3. The summed E-state index contributed by atoms with van der Waals surface area (Å²) < 4.78 is 4.66. The molecule has 0 aromatic carbocycles. The number of carbonyl (C=O) groups is 1. The minimum absolute atomic E-state index is 0.161. The standard InChI is InChI=1S/C10H13N2O4/c1-3-4-5-6-9(15)16-10(2,11-7-13)12-8-14/h2-6H2,1H3. The van der Waals surface area contributed by atoms with Crippen LogP contribution in [0.4, 0.5) is 0 Å². The summed E-state index contributed by atoms with van der Waals surface area (Å²) in [5.74, 6) is -2.70. The number of aliphatic imine (C=N–C) groups is 2. The van der Waals surface area contributed by atoms with Crippen molar-refractivity contribution in [3.05, 3.63) is 6.92 Å². The maximum Gasteiger partial charge on any atom is 0.322 e. The van der Waals surface area contributed by atoms with Crippen LogP contribution in [-0.4, -0.2) is 24.0 Å². The normalized spacial score (nSPS) is 12.9. The van der Waals surface area contributed by atoms with Crippen molar-refractivity contribution in [1.29, 1.82) is 0 Å². The first-order chi connectivity index (χ1) is 7.58. The van der Waals surface area contributed by atoms with E-state index in [2.05, 4.69) is 21.6 Å². The molecule has 0 aliphatic carbocycles. The predicted octanol–water partition coefficient (Wildman–Crippen LogP) is 1.27. The van der Waals surface area contributed by atoms with Gasteiger partial charge in [-0.05, 0) is 6.42 Å². The molecule has 0 saturated carbocycles. The molecule has 0 amide bonds. The summed E-state index contributed by atoms with van der Waals surface area (Å²) in [5.41, 5.74) is 0. The Bertz CT molecular complexity index is 310. The van der Waals surface area contributed by atoms with Gasteiger partial charge in [-0.15, -0.1) is 9.98 Å². The predicted molar refractivity (Wildman–Crippen MR) is 54.6 cm³/mol. The van der Waals surface area contributed by atoms with Crippen LogP contribution in [0.15, 0.2) is 9.98 Å². The van der Waals surface area contributed by atoms with Crippen molar-refractivity contribution in [2.45, 2.75) is 38.5 Å². The third-order valence-corrected chi connectivity index (χ3v) is 1.70. The Morgan fingerprint density at radius 2 is 1.88 bits per heavy atom. The molecule has 0 spiro atoms. The number of carbonyl (C=O) groups excluding carboxylic acids is 3. The van der Waals surface area contributed by atoms with Crippen LogP contribution in [0.1, 0.15) is 32.6 Å². The molecule has 0 rings (SSSR count). The van der Waals surface area contributed by atoms with Crippen LogP contribution in [0.25, 0.3) is 0 Å². The van der Waals surface area contributed by atoms with Crippen molar-refractivity contribution in [3.63, 3.8) is 0 Å². The quantitative estimate of drug-likeness (QED) is 0.282. The number of rotatable bonds is 7. The third-order valence-electron chi connectivity index (χ3n) is 1.70. The molecule has 0 aliphatic heterocycles. The maximum absolute atomic E-state index is 11.2. The van der Waals surface area contributed by atoms with E-state index in [0.29, 0.717) is 6.42 Å². The molecular formula is C10H13N2O4. The van der Waals surface area contributed by atoms with E-state index in [9.17, 15) is 14.4 Å². The Hall–Kier alpha value is -1.77. The van der Waals surface area contributed by atoms with Crippen LogP contribution in [-0.2, 0) is 19.1 Å². The van der Waals surface area contributed by atoms with Crippen LogP contribution >= 0.6 is 0 Å². The fraction of sp³-hybridized carbons (Fsp3) is 0.600. The van der Waals surface area contributed by atoms with Crippen LogP contribution < -0.4 is 0 Å². The van der Waals surface area contributed by atoms with Gasteiger partial charge in [0, 0.05) is 13.3 Å². The molecule has 0 aliphatic rings. The molecule has 0 fully saturated rings. The SMILES string of the molecule is [CH2]C(N=C=O)(N=C=O)OC(=O)CCCCC. The fourth-order valence-electron chi connectivity index (χ4n) is 0.966. The molecule has 6 heteroatoms. The summed E-state index contributed by atoms with van der Waals surface area (Å²) in [6, 6.07) is 0. The van der Waals surface area contributed by atoms with E-state index in [4.69, 9.17) is 0 Å². The lowest BCUT2D eigenvalue weighted by molar-refractivity contribution is -0.154. The molecule has 0 aromatic rings. The van der Waals surface area contributed by atoms with Crippen molar-refractivity contribution in [3.8, 4) is 0 Å². The summed E-state index contributed by atoms with van der Waals surface area (Å²) in [7, 11) is 0.